The van der Waals surface area contributed by atoms with E-state index in [1.54, 1.807) is 30.3 Å². The van der Waals surface area contributed by atoms with Crippen LogP contribution < -0.4 is 19.5 Å². The van der Waals surface area contributed by atoms with Gasteiger partial charge < -0.3 is 24.6 Å². The van der Waals surface area contributed by atoms with Crippen molar-refractivity contribution in [2.45, 2.75) is 13.0 Å². The maximum Gasteiger partial charge on any atom is 0.339 e. The molecule has 0 aromatic heterocycles. The van der Waals surface area contributed by atoms with Gasteiger partial charge in [0.15, 0.2) is 11.5 Å². The molecule has 2 aromatic rings. The van der Waals surface area contributed by atoms with Crippen LogP contribution in [0.2, 0.25) is 0 Å². The number of nitrogens with one attached hydrogen (secondary N) is 1. The Morgan fingerprint density at radius 1 is 1.12 bits per heavy atom. The van der Waals surface area contributed by atoms with Crippen molar-refractivity contribution in [3.63, 3.8) is 0 Å². The van der Waals surface area contributed by atoms with E-state index in [4.69, 9.17) is 14.2 Å². The molecule has 1 heterocycles. The standard InChI is InChI=1S/C19H19NO6/c1-24-15-5-3-12(9-14(15)19(22)23)11-20-18(21)13-4-6-16-17(10-13)26-8-2-7-25-16/h3-6,9-10H,2,7-8,11H2,1H3,(H,20,21)(H,22,23). The third-order valence-corrected chi connectivity index (χ3v) is 3.96. The van der Waals surface area contributed by atoms with E-state index in [0.717, 1.165) is 6.42 Å². The Kier molecular flexibility index (Phi) is 5.26. The number of amides is 1. The van der Waals surface area contributed by atoms with Crippen molar-refractivity contribution in [3.8, 4) is 17.2 Å². The lowest BCUT2D eigenvalue weighted by Crippen LogP contribution is -2.23. The van der Waals surface area contributed by atoms with Gasteiger partial charge in [-0.3, -0.25) is 4.79 Å². The van der Waals surface area contributed by atoms with Gasteiger partial charge in [0.1, 0.15) is 11.3 Å². The van der Waals surface area contributed by atoms with E-state index in [1.165, 1.54) is 13.2 Å². The van der Waals surface area contributed by atoms with Gasteiger partial charge in [0, 0.05) is 18.5 Å². The first-order chi connectivity index (χ1) is 12.6. The molecule has 2 aromatic carbocycles. The number of carboxylic acids is 1. The Morgan fingerprint density at radius 3 is 2.62 bits per heavy atom. The van der Waals surface area contributed by atoms with Gasteiger partial charge in [-0.15, -0.1) is 0 Å². The molecule has 0 atom stereocenters. The Morgan fingerprint density at radius 2 is 1.88 bits per heavy atom. The predicted molar refractivity (Wildman–Crippen MR) is 93.2 cm³/mol. The smallest absolute Gasteiger partial charge is 0.339 e. The summed E-state index contributed by atoms with van der Waals surface area (Å²) in [5.74, 6) is 0.0785. The zero-order chi connectivity index (χ0) is 18.5. The summed E-state index contributed by atoms with van der Waals surface area (Å²) in [6, 6.07) is 9.78. The second-order valence-electron chi connectivity index (χ2n) is 5.73. The number of fused-ring (bicyclic) bond motifs is 1. The van der Waals surface area contributed by atoms with Crippen LogP contribution in [0, 0.1) is 0 Å². The molecule has 7 heteroatoms. The minimum absolute atomic E-state index is 0.0508. The maximum atomic E-state index is 12.4. The highest BCUT2D eigenvalue weighted by atomic mass is 16.5. The summed E-state index contributed by atoms with van der Waals surface area (Å²) in [4.78, 5) is 23.6. The number of benzene rings is 2. The Balaban J connectivity index is 1.70. The summed E-state index contributed by atoms with van der Waals surface area (Å²) in [5, 5.41) is 12.0. The Labute approximate surface area is 150 Å². The number of hydrogen-bond donors (Lipinski definition) is 2. The number of carbonyl (C=O) groups is 2. The quantitative estimate of drug-likeness (QED) is 0.854. The van der Waals surface area contributed by atoms with Crippen LogP contribution in [-0.2, 0) is 6.54 Å². The molecule has 1 aliphatic rings. The molecule has 0 saturated carbocycles. The number of carbonyl (C=O) groups excluding carboxylic acids is 1. The van der Waals surface area contributed by atoms with Crippen molar-refractivity contribution >= 4 is 11.9 Å². The number of ether oxygens (including phenoxy) is 3. The molecule has 0 radical (unpaired) electrons. The van der Waals surface area contributed by atoms with Gasteiger partial charge in [0.2, 0.25) is 0 Å². The summed E-state index contributed by atoms with van der Waals surface area (Å²) in [7, 11) is 1.41. The molecule has 1 amide bonds. The molecule has 0 fully saturated rings. The minimum Gasteiger partial charge on any atom is -0.496 e. The highest BCUT2D eigenvalue weighted by Gasteiger charge is 2.15. The van der Waals surface area contributed by atoms with Gasteiger partial charge in [-0.1, -0.05) is 6.07 Å². The Bertz CT molecular complexity index is 833. The molecule has 26 heavy (non-hydrogen) atoms. The minimum atomic E-state index is -1.09. The van der Waals surface area contributed by atoms with Crippen LogP contribution in [0.3, 0.4) is 0 Å². The topological polar surface area (TPSA) is 94.1 Å². The highest BCUT2D eigenvalue weighted by Crippen LogP contribution is 2.30. The van der Waals surface area contributed by atoms with Crippen LogP contribution >= 0.6 is 0 Å². The molecule has 3 rings (SSSR count). The zero-order valence-electron chi connectivity index (χ0n) is 14.3. The lowest BCUT2D eigenvalue weighted by Gasteiger charge is -2.11. The molecule has 0 saturated heterocycles. The predicted octanol–water partition coefficient (Wildman–Crippen LogP) is 2.48. The molecule has 0 unspecified atom stereocenters. The van der Waals surface area contributed by atoms with E-state index in [9.17, 15) is 14.7 Å². The largest absolute Gasteiger partial charge is 0.496 e. The summed E-state index contributed by atoms with van der Waals surface area (Å²) in [5.41, 5.74) is 1.15. The van der Waals surface area contributed by atoms with Crippen LogP contribution in [0.5, 0.6) is 17.2 Å². The van der Waals surface area contributed by atoms with Crippen molar-refractivity contribution in [3.05, 3.63) is 53.1 Å². The summed E-state index contributed by atoms with van der Waals surface area (Å²) in [6.07, 6.45) is 0.791. The molecule has 2 N–H and O–H groups in total. The first-order valence-electron chi connectivity index (χ1n) is 8.16. The molecule has 136 valence electrons. The third kappa shape index (κ3) is 3.88. The SMILES string of the molecule is COc1ccc(CNC(=O)c2ccc3c(c2)OCCCO3)cc1C(=O)O. The van der Waals surface area contributed by atoms with Gasteiger partial charge >= 0.3 is 5.97 Å². The van der Waals surface area contributed by atoms with Crippen LogP contribution in [-0.4, -0.2) is 37.3 Å². The average molecular weight is 357 g/mol. The van der Waals surface area contributed by atoms with Crippen LogP contribution in [0.4, 0.5) is 0 Å². The summed E-state index contributed by atoms with van der Waals surface area (Å²) in [6.45, 7) is 1.32. The van der Waals surface area contributed by atoms with E-state index in [-0.39, 0.29) is 23.8 Å². The average Bonchev–Trinajstić information content (AvgIpc) is 2.90. The number of methoxy groups -OCH3 is 1. The van der Waals surface area contributed by atoms with E-state index < -0.39 is 5.97 Å². The molecular weight excluding hydrogens is 338 g/mol. The van der Waals surface area contributed by atoms with Gasteiger partial charge in [-0.05, 0) is 35.9 Å². The normalized spacial score (nSPS) is 12.8. The van der Waals surface area contributed by atoms with Gasteiger partial charge in [0.25, 0.3) is 5.91 Å². The van der Waals surface area contributed by atoms with E-state index in [0.29, 0.717) is 35.8 Å². The number of aromatic carboxylic acids is 1. The lowest BCUT2D eigenvalue weighted by atomic mass is 10.1. The second-order valence-corrected chi connectivity index (χ2v) is 5.73. The van der Waals surface area contributed by atoms with E-state index >= 15 is 0 Å². The molecule has 1 aliphatic heterocycles. The van der Waals surface area contributed by atoms with Crippen LogP contribution in [0.25, 0.3) is 0 Å². The fourth-order valence-electron chi connectivity index (χ4n) is 2.62. The van der Waals surface area contributed by atoms with Crippen molar-refractivity contribution in [1.82, 2.24) is 5.32 Å². The zero-order valence-corrected chi connectivity index (χ0v) is 14.3. The lowest BCUT2D eigenvalue weighted by molar-refractivity contribution is 0.0693. The van der Waals surface area contributed by atoms with Gasteiger partial charge in [-0.25, -0.2) is 4.79 Å². The fraction of sp³-hybridized carbons (Fsp3) is 0.263. The first kappa shape index (κ1) is 17.6. The van der Waals surface area contributed by atoms with Crippen LogP contribution in [0.1, 0.15) is 32.7 Å². The highest BCUT2D eigenvalue weighted by molar-refractivity contribution is 5.95. The monoisotopic (exact) mass is 357 g/mol. The number of hydrogen-bond acceptors (Lipinski definition) is 5. The van der Waals surface area contributed by atoms with Gasteiger partial charge in [0.05, 0.1) is 20.3 Å². The molecule has 0 spiro atoms. The van der Waals surface area contributed by atoms with Crippen molar-refractivity contribution in [2.24, 2.45) is 0 Å². The Hall–Kier alpha value is -3.22. The second kappa shape index (κ2) is 7.77. The molecular formula is C19H19NO6. The summed E-state index contributed by atoms with van der Waals surface area (Å²) >= 11 is 0. The van der Waals surface area contributed by atoms with E-state index in [1.807, 2.05) is 0 Å². The number of carboxylic acid groups (broad SMARTS) is 1. The molecule has 7 nitrogen and oxygen atoms in total. The van der Waals surface area contributed by atoms with Crippen molar-refractivity contribution < 1.29 is 28.9 Å². The molecule has 0 aliphatic carbocycles. The van der Waals surface area contributed by atoms with E-state index in [2.05, 4.69) is 5.32 Å². The third-order valence-electron chi connectivity index (χ3n) is 3.96. The van der Waals surface area contributed by atoms with Gasteiger partial charge in [-0.2, -0.15) is 0 Å². The molecule has 0 bridgehead atoms. The van der Waals surface area contributed by atoms with Crippen molar-refractivity contribution in [2.75, 3.05) is 20.3 Å². The van der Waals surface area contributed by atoms with Crippen molar-refractivity contribution in [1.29, 1.82) is 0 Å². The number of rotatable bonds is 5. The fourth-order valence-corrected chi connectivity index (χ4v) is 2.62. The maximum absolute atomic E-state index is 12.4. The summed E-state index contributed by atoms with van der Waals surface area (Å²) < 4.78 is 16.2. The first-order valence-corrected chi connectivity index (χ1v) is 8.16. The van der Waals surface area contributed by atoms with Crippen LogP contribution in [0.15, 0.2) is 36.4 Å².